The average Bonchev–Trinajstić information content (AvgIpc) is 2.75. The molecule has 0 aromatic rings. The van der Waals surface area contributed by atoms with E-state index in [1.807, 2.05) is 6.08 Å². The van der Waals surface area contributed by atoms with Crippen molar-refractivity contribution in [2.45, 2.75) is 40.0 Å². The Kier molecular flexibility index (Phi) is 1.74. The highest BCUT2D eigenvalue weighted by molar-refractivity contribution is 5.97. The molecule has 3 aliphatic rings. The number of carbonyl (C=O) groups excluding carboxylic acids is 1. The molecule has 3 atom stereocenters. The monoisotopic (exact) mass is 216 g/mol. The molecule has 0 aromatic carbocycles. The fourth-order valence-electron chi connectivity index (χ4n) is 4.23. The lowest BCUT2D eigenvalue weighted by Crippen LogP contribution is -2.37. The van der Waals surface area contributed by atoms with E-state index in [1.165, 1.54) is 30.4 Å². The Labute approximate surface area is 97.6 Å². The van der Waals surface area contributed by atoms with Crippen LogP contribution in [0.4, 0.5) is 0 Å². The second-order valence-corrected chi connectivity index (χ2v) is 6.48. The molecule has 1 spiro atoms. The van der Waals surface area contributed by atoms with E-state index in [4.69, 9.17) is 0 Å². The Balaban J connectivity index is 2.18. The van der Waals surface area contributed by atoms with Crippen molar-refractivity contribution in [3.05, 3.63) is 23.8 Å². The van der Waals surface area contributed by atoms with Crippen molar-refractivity contribution in [1.29, 1.82) is 0 Å². The molecule has 1 nitrogen and oxygen atoms in total. The molecule has 86 valence electrons. The molecule has 0 amide bonds. The maximum Gasteiger partial charge on any atom is 0.159 e. The highest BCUT2D eigenvalue weighted by Gasteiger charge is 2.59. The summed E-state index contributed by atoms with van der Waals surface area (Å²) < 4.78 is 0. The third-order valence-corrected chi connectivity index (χ3v) is 5.75. The molecule has 0 N–H and O–H groups in total. The van der Waals surface area contributed by atoms with Gasteiger partial charge in [-0.25, -0.2) is 0 Å². The van der Waals surface area contributed by atoms with Crippen LogP contribution < -0.4 is 0 Å². The van der Waals surface area contributed by atoms with E-state index in [2.05, 4.69) is 27.4 Å². The van der Waals surface area contributed by atoms with Crippen LogP contribution in [0.2, 0.25) is 0 Å². The molecule has 2 bridgehead atoms. The number of allylic oxidation sites excluding steroid dienone is 3. The molecule has 3 aliphatic carbocycles. The summed E-state index contributed by atoms with van der Waals surface area (Å²) in [6.07, 6.45) is 5.56. The molecule has 2 fully saturated rings. The number of carbonyl (C=O) groups is 1. The molecule has 3 rings (SSSR count). The average molecular weight is 216 g/mol. The van der Waals surface area contributed by atoms with Gasteiger partial charge in [-0.15, -0.1) is 0 Å². The topological polar surface area (TPSA) is 17.1 Å². The van der Waals surface area contributed by atoms with Gasteiger partial charge in [0.1, 0.15) is 0 Å². The quantitative estimate of drug-likeness (QED) is 0.605. The number of hydrogen-bond donors (Lipinski definition) is 0. The van der Waals surface area contributed by atoms with Crippen LogP contribution in [0.15, 0.2) is 23.8 Å². The van der Waals surface area contributed by atoms with E-state index in [9.17, 15) is 4.79 Å². The van der Waals surface area contributed by atoms with E-state index in [0.29, 0.717) is 5.78 Å². The molecular weight excluding hydrogens is 196 g/mol. The highest BCUT2D eigenvalue weighted by Crippen LogP contribution is 2.67. The Morgan fingerprint density at radius 2 is 2.12 bits per heavy atom. The van der Waals surface area contributed by atoms with E-state index < -0.39 is 0 Å². The first kappa shape index (κ1) is 10.3. The normalized spacial score (nSPS) is 44.6. The van der Waals surface area contributed by atoms with Gasteiger partial charge in [-0.2, -0.15) is 0 Å². The van der Waals surface area contributed by atoms with Crippen LogP contribution in [0.25, 0.3) is 0 Å². The third-order valence-electron chi connectivity index (χ3n) is 5.75. The fraction of sp³-hybridized carbons (Fsp3) is 0.667. The molecule has 0 aliphatic heterocycles. The Morgan fingerprint density at radius 3 is 2.81 bits per heavy atom. The van der Waals surface area contributed by atoms with Crippen LogP contribution in [0.3, 0.4) is 0 Å². The number of ketones is 1. The third kappa shape index (κ3) is 0.911. The van der Waals surface area contributed by atoms with Gasteiger partial charge in [0.25, 0.3) is 0 Å². The first-order chi connectivity index (χ1) is 7.39. The summed E-state index contributed by atoms with van der Waals surface area (Å²) in [5, 5.41) is 0. The maximum absolute atomic E-state index is 12.0. The Hall–Kier alpha value is -0.850. The van der Waals surface area contributed by atoms with Crippen molar-refractivity contribution in [2.75, 3.05) is 0 Å². The minimum absolute atomic E-state index is 0.175. The van der Waals surface area contributed by atoms with Crippen LogP contribution in [-0.4, -0.2) is 5.78 Å². The van der Waals surface area contributed by atoms with Crippen LogP contribution >= 0.6 is 0 Å². The first-order valence-corrected chi connectivity index (χ1v) is 6.35. The molecule has 2 saturated carbocycles. The van der Waals surface area contributed by atoms with Crippen molar-refractivity contribution in [1.82, 2.24) is 0 Å². The minimum atomic E-state index is 0.175. The number of hydrogen-bond acceptors (Lipinski definition) is 1. The van der Waals surface area contributed by atoms with Crippen LogP contribution in [0, 0.1) is 22.7 Å². The maximum atomic E-state index is 12.0. The molecule has 0 radical (unpaired) electrons. The summed E-state index contributed by atoms with van der Waals surface area (Å²) in [5.74, 6) is 1.25. The predicted molar refractivity (Wildman–Crippen MR) is 64.9 cm³/mol. The lowest BCUT2D eigenvalue weighted by molar-refractivity contribution is -0.119. The van der Waals surface area contributed by atoms with Crippen LogP contribution in [-0.2, 0) is 4.79 Å². The summed E-state index contributed by atoms with van der Waals surface area (Å²) in [7, 11) is 0. The summed E-state index contributed by atoms with van der Waals surface area (Å²) in [6, 6.07) is 0. The molecule has 0 aromatic heterocycles. The molecule has 16 heavy (non-hydrogen) atoms. The van der Waals surface area contributed by atoms with Crippen LogP contribution in [0.5, 0.6) is 0 Å². The summed E-state index contributed by atoms with van der Waals surface area (Å²) in [6.45, 7) is 11.0. The summed E-state index contributed by atoms with van der Waals surface area (Å²) >= 11 is 0. The van der Waals surface area contributed by atoms with Gasteiger partial charge >= 0.3 is 0 Å². The zero-order valence-corrected chi connectivity index (χ0v) is 10.5. The van der Waals surface area contributed by atoms with Crippen molar-refractivity contribution >= 4 is 5.78 Å². The van der Waals surface area contributed by atoms with Gasteiger partial charge in [0.2, 0.25) is 0 Å². The smallest absolute Gasteiger partial charge is 0.159 e. The zero-order chi connectivity index (χ0) is 11.7. The van der Waals surface area contributed by atoms with Crippen molar-refractivity contribution in [3.63, 3.8) is 0 Å². The van der Waals surface area contributed by atoms with E-state index in [1.54, 1.807) is 0 Å². The second kappa shape index (κ2) is 2.69. The van der Waals surface area contributed by atoms with Gasteiger partial charge in [-0.05, 0) is 47.8 Å². The first-order valence-electron chi connectivity index (χ1n) is 6.35. The standard InChI is InChI=1S/C15H20O/c1-9-12-7-13(16)10(2)15(12)6-5-11(8-15)14(9,3)4/h7,10-11H,1,5-6,8H2,2-4H3/t10-,11-,15+/m1/s1. The molecule has 1 heteroatoms. The highest BCUT2D eigenvalue weighted by atomic mass is 16.1. The van der Waals surface area contributed by atoms with Crippen molar-refractivity contribution < 1.29 is 4.79 Å². The molecule has 0 unspecified atom stereocenters. The second-order valence-electron chi connectivity index (χ2n) is 6.48. The lowest BCUT2D eigenvalue weighted by atomic mass is 9.58. The minimum Gasteiger partial charge on any atom is -0.295 e. The van der Waals surface area contributed by atoms with Gasteiger partial charge in [0, 0.05) is 11.3 Å². The number of rotatable bonds is 0. The summed E-state index contributed by atoms with van der Waals surface area (Å²) in [5.41, 5.74) is 2.90. The SMILES string of the molecule is C=C1C2=CC(=O)[C@@H](C)[C@@]23CC[C@H](C3)C1(C)C. The Morgan fingerprint density at radius 1 is 1.44 bits per heavy atom. The van der Waals surface area contributed by atoms with E-state index in [0.717, 1.165) is 5.92 Å². The molecule has 0 saturated heterocycles. The molecular formula is C15H20O. The zero-order valence-electron chi connectivity index (χ0n) is 10.5. The van der Waals surface area contributed by atoms with Gasteiger partial charge in [-0.1, -0.05) is 27.4 Å². The van der Waals surface area contributed by atoms with Gasteiger partial charge in [0.05, 0.1) is 0 Å². The predicted octanol–water partition coefficient (Wildman–Crippen LogP) is 3.51. The van der Waals surface area contributed by atoms with Gasteiger partial charge in [0.15, 0.2) is 5.78 Å². The van der Waals surface area contributed by atoms with Gasteiger partial charge in [-0.3, -0.25) is 4.79 Å². The number of fused-ring (bicyclic) bond motifs is 1. The largest absolute Gasteiger partial charge is 0.295 e. The van der Waals surface area contributed by atoms with Crippen molar-refractivity contribution in [3.8, 4) is 0 Å². The van der Waals surface area contributed by atoms with E-state index >= 15 is 0 Å². The van der Waals surface area contributed by atoms with Crippen LogP contribution in [0.1, 0.15) is 40.0 Å². The fourth-order valence-corrected chi connectivity index (χ4v) is 4.23. The lowest BCUT2D eigenvalue weighted by Gasteiger charge is -2.45. The molecule has 0 heterocycles. The van der Waals surface area contributed by atoms with Crippen molar-refractivity contribution in [2.24, 2.45) is 22.7 Å². The van der Waals surface area contributed by atoms with Gasteiger partial charge < -0.3 is 0 Å². The summed E-state index contributed by atoms with van der Waals surface area (Å²) in [4.78, 5) is 12.0. The van der Waals surface area contributed by atoms with E-state index in [-0.39, 0.29) is 16.7 Å². The Bertz CT molecular complexity index is 427.